The highest BCUT2D eigenvalue weighted by atomic mass is 16.5. The number of benzene rings is 2. The molecule has 0 aliphatic heterocycles. The van der Waals surface area contributed by atoms with Crippen LogP contribution in [0, 0.1) is 13.8 Å². The molecule has 0 atom stereocenters. The first-order valence-corrected chi connectivity index (χ1v) is 9.92. The van der Waals surface area contributed by atoms with Gasteiger partial charge in [0, 0.05) is 40.4 Å². The standard InChI is InChI=1S/C25H23N3O2/c1-4-30-25(29)20-7-5-9-22(14-20)27-16-21-13-17(2)28(18(21)3)23-10-11-24-19(15-23)8-6-12-26-24/h5-16H,4H2,1-3H3. The van der Waals surface area contributed by atoms with Gasteiger partial charge in [-0.05, 0) is 69.3 Å². The zero-order valence-corrected chi connectivity index (χ0v) is 17.3. The van der Waals surface area contributed by atoms with Gasteiger partial charge >= 0.3 is 5.97 Å². The number of aliphatic imine (C=N–C) groups is 1. The molecule has 0 saturated carbocycles. The van der Waals surface area contributed by atoms with Crippen molar-refractivity contribution in [1.82, 2.24) is 9.55 Å². The van der Waals surface area contributed by atoms with Gasteiger partial charge in [0.1, 0.15) is 0 Å². The van der Waals surface area contributed by atoms with Gasteiger partial charge in [-0.25, -0.2) is 4.79 Å². The monoisotopic (exact) mass is 397 g/mol. The highest BCUT2D eigenvalue weighted by molar-refractivity contribution is 5.91. The average Bonchev–Trinajstić information content (AvgIpc) is 3.05. The van der Waals surface area contributed by atoms with Gasteiger partial charge < -0.3 is 9.30 Å². The van der Waals surface area contributed by atoms with Crippen LogP contribution in [-0.2, 0) is 4.74 Å². The zero-order chi connectivity index (χ0) is 21.1. The molecule has 2 aromatic carbocycles. The van der Waals surface area contributed by atoms with Crippen molar-refractivity contribution in [1.29, 1.82) is 0 Å². The molecule has 4 aromatic rings. The summed E-state index contributed by atoms with van der Waals surface area (Å²) in [4.78, 5) is 20.9. The van der Waals surface area contributed by atoms with Crippen LogP contribution in [0.4, 0.5) is 5.69 Å². The molecule has 0 aliphatic carbocycles. The van der Waals surface area contributed by atoms with Crippen LogP contribution in [0.2, 0.25) is 0 Å². The number of esters is 1. The molecule has 5 nitrogen and oxygen atoms in total. The lowest BCUT2D eigenvalue weighted by Crippen LogP contribution is -2.03. The summed E-state index contributed by atoms with van der Waals surface area (Å²) in [6.07, 6.45) is 3.64. The second-order valence-corrected chi connectivity index (χ2v) is 7.07. The third-order valence-electron chi connectivity index (χ3n) is 5.03. The van der Waals surface area contributed by atoms with Crippen molar-refractivity contribution in [2.75, 3.05) is 6.61 Å². The van der Waals surface area contributed by atoms with Gasteiger partial charge in [-0.1, -0.05) is 12.1 Å². The predicted octanol–water partition coefficient (Wildman–Crippen LogP) is 5.57. The third kappa shape index (κ3) is 3.87. The second kappa shape index (κ2) is 8.33. The average molecular weight is 397 g/mol. The number of aryl methyl sites for hydroxylation is 1. The summed E-state index contributed by atoms with van der Waals surface area (Å²) in [7, 11) is 0. The van der Waals surface area contributed by atoms with E-state index in [1.165, 1.54) is 0 Å². The van der Waals surface area contributed by atoms with Gasteiger partial charge in [-0.3, -0.25) is 9.98 Å². The summed E-state index contributed by atoms with van der Waals surface area (Å²) in [5.74, 6) is -0.335. The molecule has 0 fully saturated rings. The lowest BCUT2D eigenvalue weighted by Gasteiger charge is -2.10. The molecule has 2 aromatic heterocycles. The molecule has 5 heteroatoms. The molecular weight excluding hydrogens is 374 g/mol. The molecule has 0 saturated heterocycles. The highest BCUT2D eigenvalue weighted by Gasteiger charge is 2.11. The maximum absolute atomic E-state index is 11.9. The molecule has 0 N–H and O–H groups in total. The molecule has 4 rings (SSSR count). The van der Waals surface area contributed by atoms with Crippen LogP contribution in [0.1, 0.15) is 34.2 Å². The van der Waals surface area contributed by atoms with Crippen molar-refractivity contribution in [2.24, 2.45) is 4.99 Å². The molecule has 0 bridgehead atoms. The lowest BCUT2D eigenvalue weighted by molar-refractivity contribution is 0.0526. The molecule has 0 aliphatic rings. The first-order valence-electron chi connectivity index (χ1n) is 9.92. The van der Waals surface area contributed by atoms with Crippen molar-refractivity contribution >= 4 is 28.8 Å². The number of carbonyl (C=O) groups is 1. The Hall–Kier alpha value is -3.73. The summed E-state index contributed by atoms with van der Waals surface area (Å²) >= 11 is 0. The fraction of sp³-hybridized carbons (Fsp3) is 0.160. The number of carbonyl (C=O) groups excluding carboxylic acids is 1. The van der Waals surface area contributed by atoms with Gasteiger partial charge in [0.2, 0.25) is 0 Å². The van der Waals surface area contributed by atoms with E-state index in [9.17, 15) is 4.79 Å². The third-order valence-corrected chi connectivity index (χ3v) is 5.03. The molecule has 30 heavy (non-hydrogen) atoms. The number of pyridine rings is 1. The highest BCUT2D eigenvalue weighted by Crippen LogP contribution is 2.23. The van der Waals surface area contributed by atoms with Gasteiger partial charge in [0.05, 0.1) is 23.4 Å². The quantitative estimate of drug-likeness (QED) is 0.327. The summed E-state index contributed by atoms with van der Waals surface area (Å²) in [5, 5.41) is 1.11. The van der Waals surface area contributed by atoms with E-state index in [0.717, 1.165) is 33.5 Å². The summed E-state index contributed by atoms with van der Waals surface area (Å²) in [6.45, 7) is 6.31. The SMILES string of the molecule is CCOC(=O)c1cccc(N=Cc2cc(C)n(-c3ccc4ncccc4c3)c2C)c1. The van der Waals surface area contributed by atoms with E-state index in [-0.39, 0.29) is 5.97 Å². The smallest absolute Gasteiger partial charge is 0.338 e. The molecule has 2 heterocycles. The van der Waals surface area contributed by atoms with Crippen LogP contribution in [0.15, 0.2) is 71.9 Å². The van der Waals surface area contributed by atoms with Crippen LogP contribution in [0.5, 0.6) is 0 Å². The van der Waals surface area contributed by atoms with Crippen molar-refractivity contribution in [2.45, 2.75) is 20.8 Å². The topological polar surface area (TPSA) is 56.5 Å². The molecule has 0 unspecified atom stereocenters. The van der Waals surface area contributed by atoms with Crippen LogP contribution in [0.3, 0.4) is 0 Å². The van der Waals surface area contributed by atoms with Crippen LogP contribution in [-0.4, -0.2) is 28.3 Å². The fourth-order valence-electron chi connectivity index (χ4n) is 3.59. The zero-order valence-electron chi connectivity index (χ0n) is 17.3. The van der Waals surface area contributed by atoms with E-state index in [0.29, 0.717) is 17.9 Å². The minimum atomic E-state index is -0.335. The van der Waals surface area contributed by atoms with Crippen LogP contribution >= 0.6 is 0 Å². The van der Waals surface area contributed by atoms with E-state index < -0.39 is 0 Å². The van der Waals surface area contributed by atoms with E-state index >= 15 is 0 Å². The Morgan fingerprint density at radius 1 is 1.10 bits per heavy atom. The minimum Gasteiger partial charge on any atom is -0.462 e. The Morgan fingerprint density at radius 2 is 1.97 bits per heavy atom. The Labute approximate surface area is 175 Å². The number of hydrogen-bond donors (Lipinski definition) is 0. The van der Waals surface area contributed by atoms with E-state index in [1.54, 1.807) is 25.3 Å². The first kappa shape index (κ1) is 19.6. The van der Waals surface area contributed by atoms with Crippen molar-refractivity contribution in [3.63, 3.8) is 0 Å². The van der Waals surface area contributed by atoms with E-state index in [4.69, 9.17) is 4.74 Å². The Morgan fingerprint density at radius 3 is 2.80 bits per heavy atom. The second-order valence-electron chi connectivity index (χ2n) is 7.07. The fourth-order valence-corrected chi connectivity index (χ4v) is 3.59. The molecule has 0 spiro atoms. The number of nitrogens with zero attached hydrogens (tertiary/aromatic N) is 3. The molecule has 0 amide bonds. The summed E-state index contributed by atoms with van der Waals surface area (Å²) < 4.78 is 7.28. The largest absolute Gasteiger partial charge is 0.462 e. The Balaban J connectivity index is 1.65. The maximum Gasteiger partial charge on any atom is 0.338 e. The van der Waals surface area contributed by atoms with Gasteiger partial charge in [0.15, 0.2) is 0 Å². The maximum atomic E-state index is 11.9. The summed E-state index contributed by atoms with van der Waals surface area (Å²) in [6, 6.07) is 19.6. The normalized spacial score (nSPS) is 11.3. The summed E-state index contributed by atoms with van der Waals surface area (Å²) in [5.41, 5.74) is 6.53. The van der Waals surface area contributed by atoms with E-state index in [2.05, 4.69) is 52.7 Å². The van der Waals surface area contributed by atoms with E-state index in [1.807, 2.05) is 30.5 Å². The number of rotatable bonds is 5. The van der Waals surface area contributed by atoms with Crippen LogP contribution < -0.4 is 0 Å². The minimum absolute atomic E-state index is 0.335. The number of aromatic nitrogens is 2. The number of hydrogen-bond acceptors (Lipinski definition) is 4. The molecule has 0 radical (unpaired) electrons. The predicted molar refractivity (Wildman–Crippen MR) is 120 cm³/mol. The Bertz CT molecular complexity index is 1250. The number of fused-ring (bicyclic) bond motifs is 1. The lowest BCUT2D eigenvalue weighted by atomic mass is 10.2. The molecular formula is C25H23N3O2. The van der Waals surface area contributed by atoms with Crippen molar-refractivity contribution in [3.05, 3.63) is 89.4 Å². The first-order chi connectivity index (χ1) is 14.6. The van der Waals surface area contributed by atoms with Gasteiger partial charge in [-0.15, -0.1) is 0 Å². The van der Waals surface area contributed by atoms with Crippen LogP contribution in [0.25, 0.3) is 16.6 Å². The van der Waals surface area contributed by atoms with Gasteiger partial charge in [0.25, 0.3) is 0 Å². The molecule has 150 valence electrons. The number of ether oxygens (including phenoxy) is 1. The van der Waals surface area contributed by atoms with Crippen molar-refractivity contribution < 1.29 is 9.53 Å². The van der Waals surface area contributed by atoms with Gasteiger partial charge in [-0.2, -0.15) is 0 Å². The Kier molecular flexibility index (Phi) is 5.44. The van der Waals surface area contributed by atoms with Crippen molar-refractivity contribution in [3.8, 4) is 5.69 Å².